The lowest BCUT2D eigenvalue weighted by atomic mass is 10.1. The molecule has 0 bridgehead atoms. The van der Waals surface area contributed by atoms with Crippen molar-refractivity contribution >= 4 is 13.7 Å². The standard InChI is InChI=1S/C28H34NO5P/c1-6-12-27(29-28(30)32-19-24-15-8-7-9-16-24)35(31,33-25-17-10-13-20(2)22(25)4)34-26-18-11-14-21(3)23(26)5/h7-11,13-18,27H,6,12,19H2,1-5H3,(H,29,30). The summed E-state index contributed by atoms with van der Waals surface area (Å²) in [6.07, 6.45) is 0.356. The summed E-state index contributed by atoms with van der Waals surface area (Å²) in [5.41, 5.74) is 4.58. The van der Waals surface area contributed by atoms with E-state index in [1.165, 1.54) is 0 Å². The van der Waals surface area contributed by atoms with Crippen molar-refractivity contribution in [3.63, 3.8) is 0 Å². The van der Waals surface area contributed by atoms with E-state index in [1.54, 1.807) is 12.1 Å². The molecule has 0 heterocycles. The van der Waals surface area contributed by atoms with E-state index in [0.29, 0.717) is 24.3 Å². The second-order valence-corrected chi connectivity index (χ2v) is 10.7. The first kappa shape index (κ1) is 26.4. The van der Waals surface area contributed by atoms with Gasteiger partial charge in [0.05, 0.1) is 0 Å². The summed E-state index contributed by atoms with van der Waals surface area (Å²) in [6.45, 7) is 9.78. The number of alkyl carbamates (subject to hydrolysis) is 1. The third-order valence-electron chi connectivity index (χ3n) is 6.00. The molecule has 186 valence electrons. The number of nitrogens with one attached hydrogen (secondary N) is 1. The summed E-state index contributed by atoms with van der Waals surface area (Å²) in [7, 11) is -3.94. The molecule has 3 aromatic rings. The molecule has 0 fully saturated rings. The summed E-state index contributed by atoms with van der Waals surface area (Å²) in [4.78, 5) is 12.7. The molecule has 35 heavy (non-hydrogen) atoms. The molecule has 0 radical (unpaired) electrons. The molecular weight excluding hydrogens is 461 g/mol. The molecule has 0 aliphatic rings. The van der Waals surface area contributed by atoms with Gasteiger partial charge < -0.3 is 19.1 Å². The van der Waals surface area contributed by atoms with Crippen molar-refractivity contribution in [2.45, 2.75) is 59.9 Å². The highest BCUT2D eigenvalue weighted by atomic mass is 31.2. The number of amides is 1. The van der Waals surface area contributed by atoms with E-state index in [-0.39, 0.29) is 6.61 Å². The van der Waals surface area contributed by atoms with Crippen molar-refractivity contribution in [1.29, 1.82) is 0 Å². The van der Waals surface area contributed by atoms with E-state index in [1.807, 2.05) is 89.2 Å². The van der Waals surface area contributed by atoms with Gasteiger partial charge in [0.15, 0.2) is 5.78 Å². The van der Waals surface area contributed by atoms with Gasteiger partial charge in [0.25, 0.3) is 0 Å². The molecule has 1 amide bonds. The van der Waals surface area contributed by atoms with Gasteiger partial charge in [-0.25, -0.2) is 9.36 Å². The molecule has 1 unspecified atom stereocenters. The zero-order valence-corrected chi connectivity index (χ0v) is 21.9. The third-order valence-corrected chi connectivity index (χ3v) is 8.06. The van der Waals surface area contributed by atoms with Crippen LogP contribution >= 0.6 is 7.60 Å². The van der Waals surface area contributed by atoms with Gasteiger partial charge in [0.1, 0.15) is 18.1 Å². The Morgan fingerprint density at radius 1 is 0.829 bits per heavy atom. The highest BCUT2D eigenvalue weighted by Crippen LogP contribution is 2.54. The van der Waals surface area contributed by atoms with Crippen LogP contribution in [-0.4, -0.2) is 11.9 Å². The van der Waals surface area contributed by atoms with Crippen LogP contribution in [0.15, 0.2) is 66.7 Å². The van der Waals surface area contributed by atoms with Crippen molar-refractivity contribution < 1.29 is 23.1 Å². The molecule has 1 atom stereocenters. The topological polar surface area (TPSA) is 73.9 Å². The van der Waals surface area contributed by atoms with Gasteiger partial charge >= 0.3 is 13.7 Å². The lowest BCUT2D eigenvalue weighted by Gasteiger charge is -2.29. The Bertz CT molecular complexity index is 1140. The first-order chi connectivity index (χ1) is 16.7. The smallest absolute Gasteiger partial charge is 0.445 e. The van der Waals surface area contributed by atoms with Gasteiger partial charge in [-0.05, 0) is 74.1 Å². The van der Waals surface area contributed by atoms with Gasteiger partial charge in [-0.3, -0.25) is 0 Å². The third kappa shape index (κ3) is 6.89. The van der Waals surface area contributed by atoms with E-state index >= 15 is 0 Å². The Labute approximate surface area is 208 Å². The lowest BCUT2D eigenvalue weighted by molar-refractivity contribution is 0.137. The van der Waals surface area contributed by atoms with E-state index in [9.17, 15) is 9.36 Å². The van der Waals surface area contributed by atoms with Crippen LogP contribution < -0.4 is 14.4 Å². The fourth-order valence-electron chi connectivity index (χ4n) is 3.55. The van der Waals surface area contributed by atoms with Crippen LogP contribution in [0.1, 0.15) is 47.6 Å². The Kier molecular flexibility index (Phi) is 9.00. The number of carbonyl (C=O) groups excluding carboxylic acids is 1. The number of aryl methyl sites for hydroxylation is 2. The Morgan fingerprint density at radius 2 is 1.37 bits per heavy atom. The van der Waals surface area contributed by atoms with Crippen LogP contribution in [0, 0.1) is 27.7 Å². The molecule has 3 rings (SSSR count). The number of hydrogen-bond acceptors (Lipinski definition) is 5. The van der Waals surface area contributed by atoms with Crippen LogP contribution in [0.4, 0.5) is 4.79 Å². The number of benzene rings is 3. The first-order valence-corrected chi connectivity index (χ1v) is 13.4. The second-order valence-electron chi connectivity index (χ2n) is 8.63. The maximum atomic E-state index is 14.5. The molecule has 0 saturated carbocycles. The highest BCUT2D eigenvalue weighted by molar-refractivity contribution is 7.55. The summed E-state index contributed by atoms with van der Waals surface area (Å²) in [6, 6.07) is 20.5. The van der Waals surface area contributed by atoms with Crippen LogP contribution in [0.25, 0.3) is 0 Å². The summed E-state index contributed by atoms with van der Waals surface area (Å²) >= 11 is 0. The minimum absolute atomic E-state index is 0.103. The minimum atomic E-state index is -3.94. The summed E-state index contributed by atoms with van der Waals surface area (Å²) in [5.74, 6) is 0.00832. The molecule has 0 aliphatic heterocycles. The molecule has 0 aromatic heterocycles. The predicted molar refractivity (Wildman–Crippen MR) is 139 cm³/mol. The number of carbonyl (C=O) groups is 1. The molecule has 3 aromatic carbocycles. The monoisotopic (exact) mass is 495 g/mol. The number of rotatable bonds is 10. The summed E-state index contributed by atoms with van der Waals surface area (Å²) < 4.78 is 32.2. The van der Waals surface area contributed by atoms with Crippen molar-refractivity contribution in [1.82, 2.24) is 5.32 Å². The Hall–Kier alpha value is -3.24. The Balaban J connectivity index is 1.91. The molecule has 7 heteroatoms. The average molecular weight is 496 g/mol. The van der Waals surface area contributed by atoms with Crippen molar-refractivity contribution in [3.05, 3.63) is 94.5 Å². The predicted octanol–water partition coefficient (Wildman–Crippen LogP) is 7.62. The quantitative estimate of drug-likeness (QED) is 0.293. The zero-order chi connectivity index (χ0) is 25.4. The SMILES string of the molecule is CCCC(NC(=O)OCc1ccccc1)P(=O)(Oc1cccc(C)c1C)Oc1cccc(C)c1C. The fourth-order valence-corrected chi connectivity index (χ4v) is 5.62. The van der Waals surface area contributed by atoms with Crippen LogP contribution in [-0.2, 0) is 15.9 Å². The van der Waals surface area contributed by atoms with Gasteiger partial charge in [0.2, 0.25) is 0 Å². The molecule has 6 nitrogen and oxygen atoms in total. The van der Waals surface area contributed by atoms with Crippen molar-refractivity contribution in [2.24, 2.45) is 0 Å². The molecular formula is C28H34NO5P. The maximum absolute atomic E-state index is 14.5. The van der Waals surface area contributed by atoms with Gasteiger partial charge in [-0.2, -0.15) is 0 Å². The minimum Gasteiger partial charge on any atom is -0.445 e. The van der Waals surface area contributed by atoms with Crippen molar-refractivity contribution in [3.8, 4) is 11.5 Å². The number of hydrogen-bond donors (Lipinski definition) is 1. The van der Waals surface area contributed by atoms with Crippen molar-refractivity contribution in [2.75, 3.05) is 0 Å². The first-order valence-electron chi connectivity index (χ1n) is 11.8. The number of ether oxygens (including phenoxy) is 1. The van der Waals surface area contributed by atoms with E-state index in [0.717, 1.165) is 27.8 Å². The maximum Gasteiger partial charge on any atom is 0.453 e. The molecule has 0 saturated heterocycles. The zero-order valence-electron chi connectivity index (χ0n) is 21.0. The summed E-state index contributed by atoms with van der Waals surface area (Å²) in [5, 5.41) is 2.76. The average Bonchev–Trinajstić information content (AvgIpc) is 2.84. The Morgan fingerprint density at radius 3 is 1.89 bits per heavy atom. The van der Waals surface area contributed by atoms with Crippen LogP contribution in [0.2, 0.25) is 0 Å². The van der Waals surface area contributed by atoms with E-state index < -0.39 is 19.5 Å². The molecule has 1 N–H and O–H groups in total. The van der Waals surface area contributed by atoms with Gasteiger partial charge in [-0.15, -0.1) is 0 Å². The van der Waals surface area contributed by atoms with Gasteiger partial charge in [0, 0.05) is 0 Å². The highest BCUT2D eigenvalue weighted by Gasteiger charge is 2.41. The van der Waals surface area contributed by atoms with Crippen LogP contribution in [0.5, 0.6) is 11.5 Å². The van der Waals surface area contributed by atoms with Crippen LogP contribution in [0.3, 0.4) is 0 Å². The van der Waals surface area contributed by atoms with E-state index in [4.69, 9.17) is 13.8 Å². The van der Waals surface area contributed by atoms with Gasteiger partial charge in [-0.1, -0.05) is 67.9 Å². The lowest BCUT2D eigenvalue weighted by Crippen LogP contribution is -2.37. The largest absolute Gasteiger partial charge is 0.453 e. The normalized spacial score (nSPS) is 12.0. The van der Waals surface area contributed by atoms with E-state index in [2.05, 4.69) is 5.32 Å². The second kappa shape index (κ2) is 11.9. The molecule has 0 spiro atoms. The molecule has 0 aliphatic carbocycles. The fraction of sp³-hybridized carbons (Fsp3) is 0.321.